The molecule has 0 atom stereocenters. The number of thioether (sulfide) groups is 1. The van der Waals surface area contributed by atoms with Crippen molar-refractivity contribution >= 4 is 27.7 Å². The molecule has 0 heterocycles. The van der Waals surface area contributed by atoms with Gasteiger partial charge in [-0.25, -0.2) is 0 Å². The third-order valence-electron chi connectivity index (χ3n) is 2.30. The van der Waals surface area contributed by atoms with Gasteiger partial charge in [-0.15, -0.1) is 11.8 Å². The van der Waals surface area contributed by atoms with Gasteiger partial charge in [-0.2, -0.15) is 5.26 Å². The Morgan fingerprint density at radius 1 is 1.12 bits per heavy atom. The van der Waals surface area contributed by atoms with Crippen LogP contribution in [0.25, 0.3) is 0 Å². The topological polar surface area (TPSA) is 23.8 Å². The van der Waals surface area contributed by atoms with Crippen molar-refractivity contribution in [2.45, 2.75) is 10.6 Å². The average Bonchev–Trinajstić information content (AvgIpc) is 2.38. The molecule has 2 aromatic rings. The number of benzene rings is 2. The predicted octanol–water partition coefficient (Wildman–Crippen LogP) is 4.61. The second kappa shape index (κ2) is 5.90. The highest BCUT2D eigenvalue weighted by atomic mass is 79.9. The summed E-state index contributed by atoms with van der Waals surface area (Å²) in [5, 5.41) is 9.06. The zero-order valence-corrected chi connectivity index (χ0v) is 11.5. The SMILES string of the molecule is N#Cc1cc(Br)ccc1SCc1ccccc1. The molecule has 1 nitrogen and oxygen atoms in total. The van der Waals surface area contributed by atoms with Crippen LogP contribution < -0.4 is 0 Å². The molecule has 84 valence electrons. The molecule has 2 aromatic carbocycles. The van der Waals surface area contributed by atoms with Crippen LogP contribution >= 0.6 is 27.7 Å². The Balaban J connectivity index is 2.12. The Morgan fingerprint density at radius 3 is 2.59 bits per heavy atom. The summed E-state index contributed by atoms with van der Waals surface area (Å²) in [5.41, 5.74) is 1.99. The minimum absolute atomic E-state index is 0.723. The Morgan fingerprint density at radius 2 is 1.88 bits per heavy atom. The van der Waals surface area contributed by atoms with Crippen LogP contribution in [-0.4, -0.2) is 0 Å². The fraction of sp³-hybridized carbons (Fsp3) is 0.0714. The van der Waals surface area contributed by atoms with Crippen LogP contribution in [0.4, 0.5) is 0 Å². The standard InChI is InChI=1S/C14H10BrNS/c15-13-6-7-14(12(8-13)9-16)17-10-11-4-2-1-3-5-11/h1-8H,10H2. The highest BCUT2D eigenvalue weighted by Gasteiger charge is 2.03. The van der Waals surface area contributed by atoms with E-state index in [2.05, 4.69) is 34.1 Å². The molecule has 0 unspecified atom stereocenters. The molecule has 3 heteroatoms. The quantitative estimate of drug-likeness (QED) is 0.773. The summed E-state index contributed by atoms with van der Waals surface area (Å²) >= 11 is 5.06. The molecule has 0 aliphatic rings. The summed E-state index contributed by atoms with van der Waals surface area (Å²) in [4.78, 5) is 1.03. The maximum atomic E-state index is 9.06. The fourth-order valence-electron chi connectivity index (χ4n) is 1.45. The van der Waals surface area contributed by atoms with E-state index in [1.165, 1.54) is 5.56 Å². The van der Waals surface area contributed by atoms with Crippen molar-refractivity contribution in [2.24, 2.45) is 0 Å². The minimum Gasteiger partial charge on any atom is -0.192 e. The van der Waals surface area contributed by atoms with Crippen molar-refractivity contribution in [1.29, 1.82) is 5.26 Å². The van der Waals surface area contributed by atoms with Crippen molar-refractivity contribution < 1.29 is 0 Å². The molecular formula is C14H10BrNS. The van der Waals surface area contributed by atoms with E-state index in [1.807, 2.05) is 36.4 Å². The number of halogens is 1. The highest BCUT2D eigenvalue weighted by Crippen LogP contribution is 2.28. The van der Waals surface area contributed by atoms with Crippen LogP contribution in [0.3, 0.4) is 0 Å². The molecule has 0 radical (unpaired) electrons. The maximum Gasteiger partial charge on any atom is 0.100 e. The van der Waals surface area contributed by atoms with Crippen LogP contribution in [-0.2, 0) is 5.75 Å². The molecular weight excluding hydrogens is 294 g/mol. The van der Waals surface area contributed by atoms with Crippen LogP contribution in [0.15, 0.2) is 57.9 Å². The Hall–Kier alpha value is -1.24. The first kappa shape index (κ1) is 12.2. The number of nitriles is 1. The Kier molecular flexibility index (Phi) is 4.24. The summed E-state index contributed by atoms with van der Waals surface area (Å²) in [6.07, 6.45) is 0. The van der Waals surface area contributed by atoms with Crippen LogP contribution in [0.1, 0.15) is 11.1 Å². The largest absolute Gasteiger partial charge is 0.192 e. The first-order valence-electron chi connectivity index (χ1n) is 5.16. The first-order chi connectivity index (χ1) is 8.29. The van der Waals surface area contributed by atoms with E-state index >= 15 is 0 Å². The van der Waals surface area contributed by atoms with Gasteiger partial charge in [-0.1, -0.05) is 46.3 Å². The molecule has 0 spiro atoms. The fourth-order valence-corrected chi connectivity index (χ4v) is 2.75. The van der Waals surface area contributed by atoms with Crippen LogP contribution in [0.5, 0.6) is 0 Å². The van der Waals surface area contributed by atoms with E-state index in [4.69, 9.17) is 5.26 Å². The van der Waals surface area contributed by atoms with Gasteiger partial charge in [0.1, 0.15) is 6.07 Å². The normalized spacial score (nSPS) is 9.88. The van der Waals surface area contributed by atoms with E-state index in [1.54, 1.807) is 11.8 Å². The predicted molar refractivity (Wildman–Crippen MR) is 74.9 cm³/mol. The second-order valence-electron chi connectivity index (χ2n) is 3.53. The molecule has 0 N–H and O–H groups in total. The lowest BCUT2D eigenvalue weighted by Crippen LogP contribution is -1.84. The lowest BCUT2D eigenvalue weighted by molar-refractivity contribution is 1.33. The number of nitrogens with zero attached hydrogens (tertiary/aromatic N) is 1. The summed E-state index contributed by atoms with van der Waals surface area (Å²) in [7, 11) is 0. The minimum atomic E-state index is 0.723. The van der Waals surface area contributed by atoms with Gasteiger partial charge < -0.3 is 0 Å². The van der Waals surface area contributed by atoms with E-state index < -0.39 is 0 Å². The molecule has 0 saturated heterocycles. The zero-order chi connectivity index (χ0) is 12.1. The highest BCUT2D eigenvalue weighted by molar-refractivity contribution is 9.10. The van der Waals surface area contributed by atoms with Gasteiger partial charge in [0.15, 0.2) is 0 Å². The molecule has 2 rings (SSSR count). The van der Waals surface area contributed by atoms with Gasteiger partial charge in [0, 0.05) is 15.1 Å². The van der Waals surface area contributed by atoms with Gasteiger partial charge in [0.2, 0.25) is 0 Å². The van der Waals surface area contributed by atoms with E-state index in [9.17, 15) is 0 Å². The van der Waals surface area contributed by atoms with Crippen LogP contribution in [0, 0.1) is 11.3 Å². The van der Waals surface area contributed by atoms with Gasteiger partial charge in [-0.05, 0) is 23.8 Å². The van der Waals surface area contributed by atoms with Crippen molar-refractivity contribution in [3.8, 4) is 6.07 Å². The van der Waals surface area contributed by atoms with Gasteiger partial charge >= 0.3 is 0 Å². The maximum absolute atomic E-state index is 9.06. The van der Waals surface area contributed by atoms with Gasteiger partial charge in [0.25, 0.3) is 0 Å². The van der Waals surface area contributed by atoms with Crippen molar-refractivity contribution in [2.75, 3.05) is 0 Å². The number of rotatable bonds is 3. The molecule has 0 aliphatic carbocycles. The Labute approximate surface area is 114 Å². The Bertz CT molecular complexity index is 546. The molecule has 0 aliphatic heterocycles. The average molecular weight is 304 g/mol. The van der Waals surface area contributed by atoms with Crippen molar-refractivity contribution in [3.05, 3.63) is 64.1 Å². The molecule has 0 bridgehead atoms. The monoisotopic (exact) mass is 303 g/mol. The summed E-state index contributed by atoms with van der Waals surface area (Å²) in [6, 6.07) is 18.3. The smallest absolute Gasteiger partial charge is 0.100 e. The van der Waals surface area contributed by atoms with Crippen molar-refractivity contribution in [1.82, 2.24) is 0 Å². The number of hydrogen-bond acceptors (Lipinski definition) is 2. The van der Waals surface area contributed by atoms with E-state index in [0.717, 1.165) is 20.7 Å². The van der Waals surface area contributed by atoms with E-state index in [-0.39, 0.29) is 0 Å². The van der Waals surface area contributed by atoms with Crippen LogP contribution in [0.2, 0.25) is 0 Å². The molecule has 17 heavy (non-hydrogen) atoms. The molecule has 0 aromatic heterocycles. The number of hydrogen-bond donors (Lipinski definition) is 0. The molecule has 0 saturated carbocycles. The third-order valence-corrected chi connectivity index (χ3v) is 3.94. The first-order valence-corrected chi connectivity index (χ1v) is 6.94. The van der Waals surface area contributed by atoms with E-state index in [0.29, 0.717) is 0 Å². The summed E-state index contributed by atoms with van der Waals surface area (Å²) in [5.74, 6) is 0.886. The second-order valence-corrected chi connectivity index (χ2v) is 5.46. The zero-order valence-electron chi connectivity index (χ0n) is 9.06. The third kappa shape index (κ3) is 3.36. The summed E-state index contributed by atoms with van der Waals surface area (Å²) < 4.78 is 0.943. The van der Waals surface area contributed by atoms with Gasteiger partial charge in [0.05, 0.1) is 5.56 Å². The molecule has 0 fully saturated rings. The summed E-state index contributed by atoms with van der Waals surface area (Å²) in [6.45, 7) is 0. The van der Waals surface area contributed by atoms with Crippen molar-refractivity contribution in [3.63, 3.8) is 0 Å². The lowest BCUT2D eigenvalue weighted by Gasteiger charge is -2.04. The van der Waals surface area contributed by atoms with Gasteiger partial charge in [-0.3, -0.25) is 0 Å². The lowest BCUT2D eigenvalue weighted by atomic mass is 10.2. The molecule has 0 amide bonds.